The summed E-state index contributed by atoms with van der Waals surface area (Å²) in [6.45, 7) is 5.51. The molecule has 6 fully saturated rings. The molecule has 0 aromatic heterocycles. The van der Waals surface area contributed by atoms with Crippen molar-refractivity contribution < 1.29 is 14.3 Å². The molecule has 1 amide bonds. The zero-order valence-corrected chi connectivity index (χ0v) is 16.1. The first-order chi connectivity index (χ1) is 12.6. The van der Waals surface area contributed by atoms with E-state index < -0.39 is 0 Å². The van der Waals surface area contributed by atoms with Gasteiger partial charge in [-0.3, -0.25) is 9.69 Å². The molecule has 2 aliphatic heterocycles. The summed E-state index contributed by atoms with van der Waals surface area (Å²) in [6, 6.07) is -0.0191. The number of rotatable bonds is 4. The molecule has 5 nitrogen and oxygen atoms in total. The molecule has 0 spiro atoms. The highest BCUT2D eigenvalue weighted by Crippen LogP contribution is 2.55. The molecule has 4 saturated carbocycles. The lowest BCUT2D eigenvalue weighted by Crippen LogP contribution is -2.62. The number of nitrogens with one attached hydrogen (secondary N) is 1. The number of hydrogen-bond donors (Lipinski definition) is 1. The Morgan fingerprint density at radius 1 is 1.00 bits per heavy atom. The lowest BCUT2D eigenvalue weighted by molar-refractivity contribution is -0.133. The molecule has 1 unspecified atom stereocenters. The van der Waals surface area contributed by atoms with Gasteiger partial charge in [0.25, 0.3) is 0 Å². The van der Waals surface area contributed by atoms with Crippen LogP contribution in [0.3, 0.4) is 0 Å². The minimum Gasteiger partial charge on any atom is -0.350 e. The van der Waals surface area contributed by atoms with E-state index in [1.807, 2.05) is 0 Å². The van der Waals surface area contributed by atoms with Crippen molar-refractivity contribution in [3.63, 3.8) is 0 Å². The molecule has 26 heavy (non-hydrogen) atoms. The average molecular weight is 363 g/mol. The van der Waals surface area contributed by atoms with E-state index in [1.165, 1.54) is 38.5 Å². The lowest BCUT2D eigenvalue weighted by atomic mass is 9.53. The molecule has 0 radical (unpaired) electrons. The van der Waals surface area contributed by atoms with E-state index in [0.29, 0.717) is 5.92 Å². The predicted octanol–water partition coefficient (Wildman–Crippen LogP) is 2.54. The van der Waals surface area contributed by atoms with Crippen LogP contribution in [-0.2, 0) is 14.3 Å². The summed E-state index contributed by atoms with van der Waals surface area (Å²) >= 11 is 0. The van der Waals surface area contributed by atoms with Gasteiger partial charge in [0.15, 0.2) is 6.29 Å². The van der Waals surface area contributed by atoms with E-state index in [1.54, 1.807) is 0 Å². The molecule has 2 heterocycles. The number of nitrogens with zero attached hydrogens (tertiary/aromatic N) is 1. The van der Waals surface area contributed by atoms with Gasteiger partial charge in [-0.05, 0) is 89.1 Å². The number of carbonyl (C=O) groups is 1. The summed E-state index contributed by atoms with van der Waals surface area (Å²) in [5.74, 6) is 3.38. The van der Waals surface area contributed by atoms with Crippen molar-refractivity contribution in [3.05, 3.63) is 0 Å². The Hall–Kier alpha value is -0.650. The zero-order valence-electron chi connectivity index (χ0n) is 16.1. The van der Waals surface area contributed by atoms with Crippen molar-refractivity contribution in [2.45, 2.75) is 76.2 Å². The lowest BCUT2D eigenvalue weighted by Gasteiger charge is -2.57. The highest BCUT2D eigenvalue weighted by Gasteiger charge is 2.52. The molecule has 5 heteroatoms. The fraction of sp³-hybridized carbons (Fsp3) is 0.952. The molecule has 0 aromatic carbocycles. The van der Waals surface area contributed by atoms with E-state index in [9.17, 15) is 4.79 Å². The van der Waals surface area contributed by atoms with Crippen LogP contribution in [0.15, 0.2) is 0 Å². The van der Waals surface area contributed by atoms with Crippen LogP contribution in [0.5, 0.6) is 0 Å². The summed E-state index contributed by atoms with van der Waals surface area (Å²) in [6.07, 6.45) is 10.1. The van der Waals surface area contributed by atoms with Crippen molar-refractivity contribution in [1.29, 1.82) is 0 Å². The second-order valence-electron chi connectivity index (χ2n) is 9.85. The smallest absolute Gasteiger partial charge is 0.237 e. The number of likely N-dealkylation sites (tertiary alicyclic amines) is 1. The number of ether oxygens (including phenoxy) is 2. The van der Waals surface area contributed by atoms with Gasteiger partial charge in [0.05, 0.1) is 19.3 Å². The van der Waals surface area contributed by atoms with Crippen molar-refractivity contribution in [3.8, 4) is 0 Å². The Morgan fingerprint density at radius 3 is 2.08 bits per heavy atom. The Kier molecular flexibility index (Phi) is 4.53. The summed E-state index contributed by atoms with van der Waals surface area (Å²) in [5, 5.41) is 3.56. The zero-order chi connectivity index (χ0) is 17.7. The van der Waals surface area contributed by atoms with Gasteiger partial charge in [-0.1, -0.05) is 0 Å². The molecular formula is C21H34N2O3. The van der Waals surface area contributed by atoms with Crippen molar-refractivity contribution in [2.24, 2.45) is 23.7 Å². The monoisotopic (exact) mass is 362 g/mol. The maximum absolute atomic E-state index is 13.1. The van der Waals surface area contributed by atoms with Gasteiger partial charge >= 0.3 is 0 Å². The first-order valence-corrected chi connectivity index (χ1v) is 10.9. The Bertz CT molecular complexity index is 502. The minimum absolute atomic E-state index is 0.00620. The summed E-state index contributed by atoms with van der Waals surface area (Å²) in [4.78, 5) is 15.4. The standard InChI is InChI=1S/C21H34N2O3/c1-14(23-4-2-18(3-5-23)20-25-6-7-26-20)19(24)22-21-11-15-8-16(12-21)10-17(9-15)13-21/h14-18,20H,2-13H2,1H3,(H,22,24). The van der Waals surface area contributed by atoms with Gasteiger partial charge in [-0.15, -0.1) is 0 Å². The second-order valence-corrected chi connectivity index (χ2v) is 9.85. The molecule has 4 aliphatic carbocycles. The normalized spacial score (nSPS) is 42.3. The maximum Gasteiger partial charge on any atom is 0.237 e. The molecule has 6 aliphatic rings. The molecule has 2 saturated heterocycles. The average Bonchev–Trinajstić information content (AvgIpc) is 3.14. The Morgan fingerprint density at radius 2 is 1.54 bits per heavy atom. The SMILES string of the molecule is CC(C(=O)NC12CC3CC(CC(C3)C1)C2)N1CCC(C2OCCO2)CC1. The maximum atomic E-state index is 13.1. The fourth-order valence-electron chi connectivity index (χ4n) is 7.02. The predicted molar refractivity (Wildman–Crippen MR) is 98.5 cm³/mol. The Balaban J connectivity index is 1.16. The number of piperidine rings is 1. The molecule has 146 valence electrons. The van der Waals surface area contributed by atoms with Gasteiger partial charge in [0, 0.05) is 11.5 Å². The van der Waals surface area contributed by atoms with E-state index in [-0.39, 0.29) is 23.8 Å². The topological polar surface area (TPSA) is 50.8 Å². The van der Waals surface area contributed by atoms with Crippen molar-refractivity contribution in [1.82, 2.24) is 10.2 Å². The molecular weight excluding hydrogens is 328 g/mol. The van der Waals surface area contributed by atoms with Crippen molar-refractivity contribution >= 4 is 5.91 Å². The third-order valence-corrected chi connectivity index (χ3v) is 7.96. The van der Waals surface area contributed by atoms with E-state index in [0.717, 1.165) is 56.9 Å². The molecule has 6 rings (SSSR count). The summed E-state index contributed by atoms with van der Waals surface area (Å²) in [5.41, 5.74) is 0.129. The highest BCUT2D eigenvalue weighted by atomic mass is 16.7. The second kappa shape index (κ2) is 6.75. The van der Waals surface area contributed by atoms with E-state index in [2.05, 4.69) is 17.1 Å². The number of hydrogen-bond acceptors (Lipinski definition) is 4. The number of carbonyl (C=O) groups excluding carboxylic acids is 1. The summed E-state index contributed by atoms with van der Waals surface area (Å²) < 4.78 is 11.3. The fourth-order valence-corrected chi connectivity index (χ4v) is 7.02. The van der Waals surface area contributed by atoms with Gasteiger partial charge in [0.1, 0.15) is 0 Å². The van der Waals surface area contributed by atoms with Crippen LogP contribution in [0, 0.1) is 23.7 Å². The van der Waals surface area contributed by atoms with Gasteiger partial charge < -0.3 is 14.8 Å². The first-order valence-electron chi connectivity index (χ1n) is 10.9. The first kappa shape index (κ1) is 17.4. The third kappa shape index (κ3) is 3.20. The molecule has 1 N–H and O–H groups in total. The minimum atomic E-state index is -0.0191. The van der Waals surface area contributed by atoms with Gasteiger partial charge in [0.2, 0.25) is 5.91 Å². The number of amides is 1. The highest BCUT2D eigenvalue weighted by molar-refractivity contribution is 5.82. The van der Waals surface area contributed by atoms with Crippen LogP contribution in [0.25, 0.3) is 0 Å². The molecule has 0 aromatic rings. The largest absolute Gasteiger partial charge is 0.350 e. The van der Waals surface area contributed by atoms with Crippen molar-refractivity contribution in [2.75, 3.05) is 26.3 Å². The van der Waals surface area contributed by atoms with Crippen LogP contribution in [0.2, 0.25) is 0 Å². The van der Waals surface area contributed by atoms with Gasteiger partial charge in [-0.2, -0.15) is 0 Å². The van der Waals surface area contributed by atoms with Gasteiger partial charge in [-0.25, -0.2) is 0 Å². The molecule has 4 bridgehead atoms. The van der Waals surface area contributed by atoms with Crippen LogP contribution in [0.1, 0.15) is 58.3 Å². The quantitative estimate of drug-likeness (QED) is 0.835. The summed E-state index contributed by atoms with van der Waals surface area (Å²) in [7, 11) is 0. The van der Waals surface area contributed by atoms with Crippen LogP contribution >= 0.6 is 0 Å². The van der Waals surface area contributed by atoms with E-state index in [4.69, 9.17) is 9.47 Å². The molecule has 1 atom stereocenters. The third-order valence-electron chi connectivity index (χ3n) is 7.96. The van der Waals surface area contributed by atoms with Crippen LogP contribution in [0.4, 0.5) is 0 Å². The van der Waals surface area contributed by atoms with Crippen LogP contribution in [-0.4, -0.2) is 55.0 Å². The van der Waals surface area contributed by atoms with Crippen LogP contribution < -0.4 is 5.32 Å². The van der Waals surface area contributed by atoms with E-state index >= 15 is 0 Å². The Labute approximate surface area is 157 Å².